The van der Waals surface area contributed by atoms with Gasteiger partial charge in [-0.15, -0.1) is 0 Å². The van der Waals surface area contributed by atoms with E-state index >= 15 is 0 Å². The van der Waals surface area contributed by atoms with Gasteiger partial charge < -0.3 is 0 Å². The number of hydrogen-bond acceptors (Lipinski definition) is 1. The maximum absolute atomic E-state index is 11.4. The van der Waals surface area contributed by atoms with Gasteiger partial charge in [0.05, 0.1) is 0 Å². The average molecular weight is 209 g/mol. The lowest BCUT2D eigenvalue weighted by Crippen LogP contribution is -2.43. The number of para-hydroxylation sites is 1. The highest BCUT2D eigenvalue weighted by molar-refractivity contribution is 7.96. The molecule has 3 heteroatoms. The van der Waals surface area contributed by atoms with Crippen molar-refractivity contribution in [3.8, 4) is 0 Å². The predicted octanol–water partition coefficient (Wildman–Crippen LogP) is 3.34. The summed E-state index contributed by atoms with van der Waals surface area (Å²) in [6.07, 6.45) is 0. The molecule has 1 rings (SSSR count). The second-order valence-electron chi connectivity index (χ2n) is 4.12. The van der Waals surface area contributed by atoms with Crippen LogP contribution in [0, 0.1) is 0 Å². The Morgan fingerprint density at radius 3 is 2.07 bits per heavy atom. The lowest BCUT2D eigenvalue weighted by Gasteiger charge is -2.34. The SMILES string of the molecule is CC(C)(C)N(C(=O)S)c1ccccc1. The monoisotopic (exact) mass is 209 g/mol. The summed E-state index contributed by atoms with van der Waals surface area (Å²) in [5.74, 6) is 0. The first-order chi connectivity index (χ1) is 6.43. The lowest BCUT2D eigenvalue weighted by atomic mass is 10.1. The molecule has 1 aromatic rings. The molecule has 0 atom stereocenters. The van der Waals surface area contributed by atoms with Gasteiger partial charge in [0.15, 0.2) is 0 Å². The molecule has 0 bridgehead atoms. The molecule has 0 saturated heterocycles. The number of anilines is 1. The first kappa shape index (κ1) is 11.1. The standard InChI is InChI=1S/C11H15NOS/c1-11(2,3)12(10(13)14)9-7-5-4-6-8-9/h4-8H,1-3H3,(H,13,14). The minimum atomic E-state index is -0.250. The number of nitrogens with zero attached hydrogens (tertiary/aromatic N) is 1. The third kappa shape index (κ3) is 2.51. The van der Waals surface area contributed by atoms with E-state index in [9.17, 15) is 4.79 Å². The van der Waals surface area contributed by atoms with Crippen molar-refractivity contribution in [3.63, 3.8) is 0 Å². The molecule has 0 aliphatic carbocycles. The molecule has 0 N–H and O–H groups in total. The van der Waals surface area contributed by atoms with Gasteiger partial charge in [-0.05, 0) is 32.9 Å². The topological polar surface area (TPSA) is 20.3 Å². The smallest absolute Gasteiger partial charge is 0.283 e. The van der Waals surface area contributed by atoms with Crippen molar-refractivity contribution >= 4 is 23.6 Å². The summed E-state index contributed by atoms with van der Waals surface area (Å²) in [5.41, 5.74) is 0.625. The van der Waals surface area contributed by atoms with Crippen LogP contribution in [0.15, 0.2) is 30.3 Å². The quantitative estimate of drug-likeness (QED) is 0.703. The van der Waals surface area contributed by atoms with Gasteiger partial charge in [0.25, 0.3) is 5.24 Å². The van der Waals surface area contributed by atoms with Gasteiger partial charge in [-0.25, -0.2) is 0 Å². The summed E-state index contributed by atoms with van der Waals surface area (Å²) in [4.78, 5) is 13.0. The van der Waals surface area contributed by atoms with E-state index in [-0.39, 0.29) is 10.8 Å². The van der Waals surface area contributed by atoms with Crippen LogP contribution in [0.25, 0.3) is 0 Å². The van der Waals surface area contributed by atoms with E-state index < -0.39 is 0 Å². The van der Waals surface area contributed by atoms with Crippen LogP contribution in [0.5, 0.6) is 0 Å². The highest BCUT2D eigenvalue weighted by atomic mass is 32.1. The summed E-state index contributed by atoms with van der Waals surface area (Å²) in [6, 6.07) is 9.54. The largest absolute Gasteiger partial charge is 0.298 e. The summed E-state index contributed by atoms with van der Waals surface area (Å²) in [5, 5.41) is -0.233. The number of thiol groups is 1. The first-order valence-corrected chi connectivity index (χ1v) is 4.96. The Labute approximate surface area is 90.3 Å². The number of amides is 1. The summed E-state index contributed by atoms with van der Waals surface area (Å²) in [7, 11) is 0. The third-order valence-electron chi connectivity index (χ3n) is 1.88. The minimum absolute atomic E-state index is 0.233. The normalized spacial score (nSPS) is 11.1. The second-order valence-corrected chi connectivity index (χ2v) is 4.51. The van der Waals surface area contributed by atoms with E-state index in [2.05, 4.69) is 12.6 Å². The fourth-order valence-electron chi connectivity index (χ4n) is 1.36. The number of carbonyl (C=O) groups excluding carboxylic acids is 1. The number of carbonyl (C=O) groups is 1. The van der Waals surface area contributed by atoms with Crippen LogP contribution in [0.2, 0.25) is 0 Å². The third-order valence-corrected chi connectivity index (χ3v) is 2.08. The molecule has 0 spiro atoms. The van der Waals surface area contributed by atoms with Crippen molar-refractivity contribution in [1.82, 2.24) is 0 Å². The Hall–Kier alpha value is -0.960. The van der Waals surface area contributed by atoms with Gasteiger partial charge >= 0.3 is 0 Å². The maximum Gasteiger partial charge on any atom is 0.283 e. The molecule has 76 valence electrons. The molecule has 14 heavy (non-hydrogen) atoms. The zero-order valence-corrected chi connectivity index (χ0v) is 9.58. The molecule has 0 aromatic heterocycles. The van der Waals surface area contributed by atoms with Crippen LogP contribution in [-0.2, 0) is 0 Å². The zero-order valence-electron chi connectivity index (χ0n) is 8.69. The highest BCUT2D eigenvalue weighted by Gasteiger charge is 2.25. The first-order valence-electron chi connectivity index (χ1n) is 4.51. The van der Waals surface area contributed by atoms with Crippen LogP contribution in [0.4, 0.5) is 10.5 Å². The summed E-state index contributed by atoms with van der Waals surface area (Å²) < 4.78 is 0. The molecule has 0 radical (unpaired) electrons. The highest BCUT2D eigenvalue weighted by Crippen LogP contribution is 2.24. The molecule has 2 nitrogen and oxygen atoms in total. The van der Waals surface area contributed by atoms with Crippen molar-refractivity contribution in [3.05, 3.63) is 30.3 Å². The molecule has 0 aliphatic rings. The van der Waals surface area contributed by atoms with Crippen molar-refractivity contribution in [2.45, 2.75) is 26.3 Å². The minimum Gasteiger partial charge on any atom is -0.298 e. The Morgan fingerprint density at radius 1 is 1.21 bits per heavy atom. The molecule has 0 unspecified atom stereocenters. The van der Waals surface area contributed by atoms with E-state index in [4.69, 9.17) is 0 Å². The molecule has 0 saturated carbocycles. The van der Waals surface area contributed by atoms with E-state index in [1.54, 1.807) is 4.90 Å². The molecule has 0 heterocycles. The molecule has 0 fully saturated rings. The molecule has 0 aliphatic heterocycles. The Balaban J connectivity index is 3.08. The van der Waals surface area contributed by atoms with Crippen LogP contribution < -0.4 is 4.90 Å². The van der Waals surface area contributed by atoms with Crippen LogP contribution in [-0.4, -0.2) is 10.8 Å². The fraction of sp³-hybridized carbons (Fsp3) is 0.364. The lowest BCUT2D eigenvalue weighted by molar-refractivity contribution is 0.261. The van der Waals surface area contributed by atoms with Crippen molar-refractivity contribution in [2.75, 3.05) is 4.90 Å². The van der Waals surface area contributed by atoms with Crippen LogP contribution >= 0.6 is 12.6 Å². The summed E-state index contributed by atoms with van der Waals surface area (Å²) in [6.45, 7) is 5.94. The predicted molar refractivity (Wildman–Crippen MR) is 63.1 cm³/mol. The molecular weight excluding hydrogens is 194 g/mol. The van der Waals surface area contributed by atoms with Gasteiger partial charge in [0, 0.05) is 11.2 Å². The second kappa shape index (κ2) is 4.05. The Bertz CT molecular complexity index is 316. The zero-order chi connectivity index (χ0) is 10.8. The fourth-order valence-corrected chi connectivity index (χ4v) is 1.78. The van der Waals surface area contributed by atoms with E-state index in [1.165, 1.54) is 0 Å². The molecular formula is C11H15NOS. The van der Waals surface area contributed by atoms with Crippen molar-refractivity contribution < 1.29 is 4.79 Å². The van der Waals surface area contributed by atoms with Crippen molar-refractivity contribution in [1.29, 1.82) is 0 Å². The molecule has 1 aromatic carbocycles. The van der Waals surface area contributed by atoms with Crippen LogP contribution in [0.1, 0.15) is 20.8 Å². The van der Waals surface area contributed by atoms with Gasteiger partial charge in [-0.1, -0.05) is 30.8 Å². The van der Waals surface area contributed by atoms with E-state index in [0.717, 1.165) is 5.69 Å². The molecule has 1 amide bonds. The van der Waals surface area contributed by atoms with E-state index in [0.29, 0.717) is 0 Å². The average Bonchev–Trinajstić information content (AvgIpc) is 2.02. The summed E-state index contributed by atoms with van der Waals surface area (Å²) >= 11 is 3.88. The number of hydrogen-bond donors (Lipinski definition) is 1. The van der Waals surface area contributed by atoms with Crippen LogP contribution in [0.3, 0.4) is 0 Å². The maximum atomic E-state index is 11.4. The Morgan fingerprint density at radius 2 is 1.71 bits per heavy atom. The van der Waals surface area contributed by atoms with E-state index in [1.807, 2.05) is 51.1 Å². The Kier molecular flexibility index (Phi) is 3.21. The van der Waals surface area contributed by atoms with Gasteiger partial charge in [0.2, 0.25) is 0 Å². The number of benzene rings is 1. The van der Waals surface area contributed by atoms with Crippen molar-refractivity contribution in [2.24, 2.45) is 0 Å². The number of rotatable bonds is 1. The van der Waals surface area contributed by atoms with Gasteiger partial charge in [-0.3, -0.25) is 9.69 Å². The van der Waals surface area contributed by atoms with Gasteiger partial charge in [0.1, 0.15) is 0 Å². The van der Waals surface area contributed by atoms with Gasteiger partial charge in [-0.2, -0.15) is 0 Å².